The number of thioether (sulfide) groups is 1. The van der Waals surface area contributed by atoms with Gasteiger partial charge in [0.15, 0.2) is 0 Å². The summed E-state index contributed by atoms with van der Waals surface area (Å²) in [5.41, 5.74) is 0.457. The average molecular weight is 303 g/mol. The van der Waals surface area contributed by atoms with Crippen LogP contribution < -0.4 is 5.32 Å². The zero-order valence-corrected chi connectivity index (χ0v) is 11.5. The van der Waals surface area contributed by atoms with E-state index < -0.39 is 11.7 Å². The molecule has 0 aliphatic carbocycles. The van der Waals surface area contributed by atoms with E-state index in [9.17, 15) is 18.4 Å². The fraction of sp³-hybridized carbons (Fsp3) is 0.385. The van der Waals surface area contributed by atoms with Gasteiger partial charge in [-0.25, -0.2) is 0 Å². The van der Waals surface area contributed by atoms with Crippen LogP contribution in [0.1, 0.15) is 25.7 Å². The number of rotatable bonds is 8. The van der Waals surface area contributed by atoms with Gasteiger partial charge in [0, 0.05) is 23.4 Å². The number of carboxylic acids is 1. The van der Waals surface area contributed by atoms with Crippen LogP contribution in [0.2, 0.25) is 0 Å². The first-order valence-electron chi connectivity index (χ1n) is 6.04. The molecule has 1 rings (SSSR count). The highest BCUT2D eigenvalue weighted by Crippen LogP contribution is 2.27. The first-order valence-corrected chi connectivity index (χ1v) is 6.92. The predicted molar refractivity (Wildman–Crippen MR) is 73.0 cm³/mol. The second kappa shape index (κ2) is 8.52. The van der Waals surface area contributed by atoms with Crippen molar-refractivity contribution in [1.29, 1.82) is 0 Å². The topological polar surface area (TPSA) is 66.4 Å². The molecule has 0 aliphatic rings. The van der Waals surface area contributed by atoms with Crippen LogP contribution in [0.4, 0.5) is 14.5 Å². The molecular formula is C13H15F2NO3S. The highest BCUT2D eigenvalue weighted by Gasteiger charge is 2.07. The Labute approximate surface area is 119 Å². The van der Waals surface area contributed by atoms with E-state index in [0.717, 1.165) is 0 Å². The van der Waals surface area contributed by atoms with Gasteiger partial charge in [-0.15, -0.1) is 0 Å². The van der Waals surface area contributed by atoms with Crippen molar-refractivity contribution in [1.82, 2.24) is 0 Å². The highest BCUT2D eigenvalue weighted by molar-refractivity contribution is 7.99. The number of benzene rings is 1. The normalized spacial score (nSPS) is 10.6. The number of unbranched alkanes of at least 4 members (excludes halogenated alkanes) is 1. The van der Waals surface area contributed by atoms with Gasteiger partial charge in [0.05, 0.1) is 0 Å². The van der Waals surface area contributed by atoms with Crippen molar-refractivity contribution in [2.45, 2.75) is 36.3 Å². The number of nitrogens with one attached hydrogen (secondary N) is 1. The minimum absolute atomic E-state index is 0.0355. The van der Waals surface area contributed by atoms with Gasteiger partial charge in [0.2, 0.25) is 5.91 Å². The van der Waals surface area contributed by atoms with Crippen molar-refractivity contribution in [3.8, 4) is 0 Å². The molecule has 20 heavy (non-hydrogen) atoms. The minimum Gasteiger partial charge on any atom is -0.481 e. The monoisotopic (exact) mass is 303 g/mol. The lowest BCUT2D eigenvalue weighted by molar-refractivity contribution is -0.137. The summed E-state index contributed by atoms with van der Waals surface area (Å²) in [5, 5.41) is 11.1. The van der Waals surface area contributed by atoms with E-state index in [1.165, 1.54) is 6.07 Å². The Morgan fingerprint density at radius 1 is 1.25 bits per heavy atom. The third-order valence-electron chi connectivity index (χ3n) is 2.39. The molecule has 0 heterocycles. The third-order valence-corrected chi connectivity index (χ3v) is 3.09. The summed E-state index contributed by atoms with van der Waals surface area (Å²) >= 11 is 0.414. The van der Waals surface area contributed by atoms with Crippen molar-refractivity contribution in [2.24, 2.45) is 0 Å². The number of amides is 1. The molecule has 0 aromatic heterocycles. The summed E-state index contributed by atoms with van der Waals surface area (Å²) in [7, 11) is 0. The van der Waals surface area contributed by atoms with Crippen LogP contribution in [-0.2, 0) is 9.59 Å². The number of carboxylic acid groups (broad SMARTS) is 1. The molecular weight excluding hydrogens is 288 g/mol. The molecule has 7 heteroatoms. The van der Waals surface area contributed by atoms with Gasteiger partial charge in [0.1, 0.15) is 0 Å². The number of hydrogen-bond donors (Lipinski definition) is 2. The Hall–Kier alpha value is -1.63. The SMILES string of the molecule is O=C(O)CCCCC(=O)Nc1cccc(SC(F)F)c1. The van der Waals surface area contributed by atoms with E-state index in [1.807, 2.05) is 0 Å². The van der Waals surface area contributed by atoms with Gasteiger partial charge >= 0.3 is 5.97 Å². The lowest BCUT2D eigenvalue weighted by Crippen LogP contribution is -2.11. The Morgan fingerprint density at radius 3 is 2.60 bits per heavy atom. The van der Waals surface area contributed by atoms with E-state index in [2.05, 4.69) is 5.32 Å². The van der Waals surface area contributed by atoms with Crippen molar-refractivity contribution in [3.63, 3.8) is 0 Å². The Bertz CT molecular complexity index is 469. The number of carbonyl (C=O) groups is 2. The third kappa shape index (κ3) is 7.08. The number of carbonyl (C=O) groups excluding carboxylic acids is 1. The number of aliphatic carboxylic acids is 1. The maximum absolute atomic E-state index is 12.2. The van der Waals surface area contributed by atoms with Crippen LogP contribution in [0.15, 0.2) is 29.2 Å². The molecule has 0 saturated heterocycles. The van der Waals surface area contributed by atoms with E-state index in [4.69, 9.17) is 5.11 Å². The number of halogens is 2. The van der Waals surface area contributed by atoms with Gasteiger partial charge < -0.3 is 10.4 Å². The van der Waals surface area contributed by atoms with Crippen LogP contribution in [0, 0.1) is 0 Å². The van der Waals surface area contributed by atoms with Crippen LogP contribution in [0.25, 0.3) is 0 Å². The van der Waals surface area contributed by atoms with Gasteiger partial charge in [-0.3, -0.25) is 9.59 Å². The molecule has 0 radical (unpaired) electrons. The van der Waals surface area contributed by atoms with E-state index in [-0.39, 0.29) is 18.7 Å². The quantitative estimate of drug-likeness (QED) is 0.569. The fourth-order valence-corrected chi connectivity index (χ4v) is 2.09. The first kappa shape index (κ1) is 16.4. The van der Waals surface area contributed by atoms with Crippen molar-refractivity contribution in [3.05, 3.63) is 24.3 Å². The van der Waals surface area contributed by atoms with Gasteiger partial charge in [-0.1, -0.05) is 17.8 Å². The van der Waals surface area contributed by atoms with Crippen LogP contribution in [0.3, 0.4) is 0 Å². The molecule has 1 amide bonds. The van der Waals surface area contributed by atoms with Gasteiger partial charge in [0.25, 0.3) is 5.76 Å². The maximum atomic E-state index is 12.2. The summed E-state index contributed by atoms with van der Waals surface area (Å²) in [5.74, 6) is -3.64. The second-order valence-corrected chi connectivity index (χ2v) is 5.12. The molecule has 0 saturated carbocycles. The zero-order chi connectivity index (χ0) is 15.0. The lowest BCUT2D eigenvalue weighted by atomic mass is 10.2. The average Bonchev–Trinajstić information content (AvgIpc) is 2.34. The molecule has 110 valence electrons. The van der Waals surface area contributed by atoms with E-state index in [1.54, 1.807) is 18.2 Å². The summed E-state index contributed by atoms with van der Waals surface area (Å²) in [6.45, 7) is 0. The summed E-state index contributed by atoms with van der Waals surface area (Å²) in [6, 6.07) is 6.22. The van der Waals surface area contributed by atoms with E-state index >= 15 is 0 Å². The standard InChI is InChI=1S/C13H15F2NO3S/c14-13(15)20-10-5-3-4-9(8-10)16-11(17)6-1-2-7-12(18)19/h3-5,8,13H,1-2,6-7H2,(H,16,17)(H,18,19). The van der Waals surface area contributed by atoms with E-state index in [0.29, 0.717) is 35.2 Å². The van der Waals surface area contributed by atoms with Crippen molar-refractivity contribution >= 4 is 29.3 Å². The van der Waals surface area contributed by atoms with Crippen LogP contribution >= 0.6 is 11.8 Å². The Kier molecular flexibility index (Phi) is 7.00. The van der Waals surface area contributed by atoms with Crippen molar-refractivity contribution < 1.29 is 23.5 Å². The molecule has 0 spiro atoms. The minimum atomic E-state index is -2.50. The summed E-state index contributed by atoms with van der Waals surface area (Å²) < 4.78 is 24.4. The molecule has 0 fully saturated rings. The molecule has 4 nitrogen and oxygen atoms in total. The molecule has 1 aromatic carbocycles. The van der Waals surface area contributed by atoms with Crippen LogP contribution in [-0.4, -0.2) is 22.7 Å². The van der Waals surface area contributed by atoms with Crippen LogP contribution in [0.5, 0.6) is 0 Å². The molecule has 0 atom stereocenters. The zero-order valence-electron chi connectivity index (χ0n) is 10.6. The number of alkyl halides is 2. The summed E-state index contributed by atoms with van der Waals surface area (Å²) in [6.07, 6.45) is 1.15. The highest BCUT2D eigenvalue weighted by atomic mass is 32.2. The molecule has 2 N–H and O–H groups in total. The number of anilines is 1. The predicted octanol–water partition coefficient (Wildman–Crippen LogP) is 3.58. The Morgan fingerprint density at radius 2 is 1.95 bits per heavy atom. The fourth-order valence-electron chi connectivity index (χ4n) is 1.54. The molecule has 0 unspecified atom stereocenters. The smallest absolute Gasteiger partial charge is 0.303 e. The largest absolute Gasteiger partial charge is 0.481 e. The number of hydrogen-bond acceptors (Lipinski definition) is 3. The van der Waals surface area contributed by atoms with Gasteiger partial charge in [-0.05, 0) is 31.0 Å². The lowest BCUT2D eigenvalue weighted by Gasteiger charge is -2.07. The van der Waals surface area contributed by atoms with Crippen molar-refractivity contribution in [2.75, 3.05) is 5.32 Å². The molecule has 0 aliphatic heterocycles. The summed E-state index contributed by atoms with van der Waals surface area (Å²) in [4.78, 5) is 22.3. The molecule has 1 aromatic rings. The Balaban J connectivity index is 2.39. The maximum Gasteiger partial charge on any atom is 0.303 e. The van der Waals surface area contributed by atoms with Gasteiger partial charge in [-0.2, -0.15) is 8.78 Å². The second-order valence-electron chi connectivity index (χ2n) is 4.06. The molecule has 0 bridgehead atoms. The first-order chi connectivity index (χ1) is 9.47.